The van der Waals surface area contributed by atoms with Crippen LogP contribution in [-0.4, -0.2) is 11.4 Å². The zero-order valence-electron chi connectivity index (χ0n) is 42.5. The summed E-state index contributed by atoms with van der Waals surface area (Å²) in [6.07, 6.45) is 2.36. The van der Waals surface area contributed by atoms with Gasteiger partial charge >= 0.3 is 6.85 Å². The first-order chi connectivity index (χ1) is 33.4. The van der Waals surface area contributed by atoms with Crippen molar-refractivity contribution < 1.29 is 0 Å². The van der Waals surface area contributed by atoms with Gasteiger partial charge in [-0.25, -0.2) is 0 Å². The first-order valence-corrected chi connectivity index (χ1v) is 26.7. The Morgan fingerprint density at radius 1 is 0.514 bits per heavy atom. The van der Waals surface area contributed by atoms with Gasteiger partial charge in [0.15, 0.2) is 0 Å². The van der Waals surface area contributed by atoms with Gasteiger partial charge in [-0.2, -0.15) is 0 Å². The van der Waals surface area contributed by atoms with Gasteiger partial charge in [0.2, 0.25) is 0 Å². The smallest absolute Gasteiger partial charge is 0.333 e. The maximum absolute atomic E-state index is 2.79. The van der Waals surface area contributed by atoms with Crippen molar-refractivity contribution in [3.8, 4) is 39.1 Å². The average Bonchev–Trinajstić information content (AvgIpc) is 4.01. The van der Waals surface area contributed by atoms with E-state index in [1.54, 1.807) is 0 Å². The highest BCUT2D eigenvalue weighted by Gasteiger charge is 2.51. The molecule has 0 radical (unpaired) electrons. The van der Waals surface area contributed by atoms with Gasteiger partial charge in [-0.1, -0.05) is 155 Å². The minimum Gasteiger partial charge on any atom is -0.376 e. The van der Waals surface area contributed by atoms with E-state index in [2.05, 4.69) is 219 Å². The van der Waals surface area contributed by atoms with Crippen LogP contribution in [-0.2, 0) is 27.1 Å². The van der Waals surface area contributed by atoms with Crippen molar-refractivity contribution in [2.75, 3.05) is 4.81 Å². The largest absolute Gasteiger partial charge is 0.376 e. The molecule has 0 saturated heterocycles. The van der Waals surface area contributed by atoms with Crippen molar-refractivity contribution in [3.05, 3.63) is 172 Å². The van der Waals surface area contributed by atoms with E-state index < -0.39 is 0 Å². The topological polar surface area (TPSA) is 8.17 Å². The summed E-state index contributed by atoms with van der Waals surface area (Å²) in [6, 6.07) is 53.3. The molecule has 2 nitrogen and oxygen atoms in total. The van der Waals surface area contributed by atoms with Gasteiger partial charge in [0.25, 0.3) is 0 Å². The molecule has 15 rings (SSSR count). The quantitative estimate of drug-likeness (QED) is 0.149. The van der Waals surface area contributed by atoms with Gasteiger partial charge in [0.1, 0.15) is 0 Å². The van der Waals surface area contributed by atoms with Crippen LogP contribution < -0.4 is 15.7 Å². The second-order valence-corrected chi connectivity index (χ2v) is 26.2. The molecule has 2 aliphatic heterocycles. The minimum atomic E-state index is -0.251. The summed E-state index contributed by atoms with van der Waals surface area (Å²) < 4.78 is 5.48. The van der Waals surface area contributed by atoms with Gasteiger partial charge in [-0.15, -0.1) is 11.3 Å². The second kappa shape index (κ2) is 12.9. The summed E-state index contributed by atoms with van der Waals surface area (Å²) in [6.45, 7) is 26.8. The van der Waals surface area contributed by atoms with E-state index in [4.69, 9.17) is 0 Å². The molecule has 10 aromatic rings. The molecule has 342 valence electrons. The molecule has 0 atom stereocenters. The van der Waals surface area contributed by atoms with Gasteiger partial charge in [-0.05, 0) is 161 Å². The molecule has 4 heterocycles. The Balaban J connectivity index is 1.20. The summed E-state index contributed by atoms with van der Waals surface area (Å²) in [5.41, 5.74) is 27.6. The van der Waals surface area contributed by atoms with Crippen molar-refractivity contribution in [1.82, 2.24) is 4.57 Å². The van der Waals surface area contributed by atoms with Crippen LogP contribution in [0.1, 0.15) is 128 Å². The van der Waals surface area contributed by atoms with Crippen molar-refractivity contribution in [2.24, 2.45) is 0 Å². The monoisotopic (exact) mass is 922 g/mol. The first-order valence-electron chi connectivity index (χ1n) is 25.8. The summed E-state index contributed by atoms with van der Waals surface area (Å²) in [7, 11) is 0. The van der Waals surface area contributed by atoms with Gasteiger partial charge in [0, 0.05) is 64.4 Å². The number of anilines is 2. The Hall–Kier alpha value is -6.36. The van der Waals surface area contributed by atoms with Gasteiger partial charge in [-0.3, -0.25) is 0 Å². The van der Waals surface area contributed by atoms with E-state index in [-0.39, 0.29) is 33.9 Å². The highest BCUT2D eigenvalue weighted by atomic mass is 32.1. The number of fused-ring (bicyclic) bond motifs is 20. The fourth-order valence-electron chi connectivity index (χ4n) is 14.7. The van der Waals surface area contributed by atoms with Crippen molar-refractivity contribution >= 4 is 82.5 Å². The van der Waals surface area contributed by atoms with Gasteiger partial charge in [0.05, 0.1) is 11.0 Å². The molecule has 0 spiro atoms. The minimum absolute atomic E-state index is 0.0297. The maximum Gasteiger partial charge on any atom is 0.333 e. The summed E-state index contributed by atoms with van der Waals surface area (Å²) >= 11 is 1.95. The lowest BCUT2D eigenvalue weighted by Gasteiger charge is -2.44. The van der Waals surface area contributed by atoms with Crippen LogP contribution in [0.5, 0.6) is 0 Å². The zero-order chi connectivity index (χ0) is 47.9. The molecule has 0 N–H and O–H groups in total. The molecule has 2 aromatic heterocycles. The molecule has 0 bridgehead atoms. The Bertz CT molecular complexity index is 4050. The standard InChI is InChI=1S/C66H59BN2S/c1-62(2,3)36-24-26-37(27-25-36)69-52-33-47-41(38-18-12-15-21-45(38)65(47,8)9)30-43(52)57-56-40-20-13-16-22-46(40)66(10,11)59(56)58-44-31-48-49(64(6,7)29-28-63(48,4)5)34-51(44)68-53-32-42-39-19-14-17-23-54(39)70-55(42)35-50(53)67(69)60(57)61(58)68/h12-27,30-35H,28-29H2,1-11H3. The third-order valence-electron chi connectivity index (χ3n) is 18.5. The normalized spacial score (nSPS) is 17.9. The average molecular weight is 923 g/mol. The number of rotatable bonds is 1. The summed E-state index contributed by atoms with van der Waals surface area (Å²) in [4.78, 5) is 2.79. The molecular formula is C66H59BN2S. The van der Waals surface area contributed by atoms with E-state index in [1.165, 1.54) is 155 Å². The highest BCUT2D eigenvalue weighted by Crippen LogP contribution is 2.62. The zero-order valence-corrected chi connectivity index (χ0v) is 43.3. The Morgan fingerprint density at radius 2 is 1.17 bits per heavy atom. The van der Waals surface area contributed by atoms with Crippen LogP contribution in [0.4, 0.5) is 11.4 Å². The molecule has 0 unspecified atom stereocenters. The summed E-state index contributed by atoms with van der Waals surface area (Å²) in [5.74, 6) is 0. The van der Waals surface area contributed by atoms with E-state index >= 15 is 0 Å². The Labute approximate surface area is 417 Å². The van der Waals surface area contributed by atoms with Crippen LogP contribution >= 0.6 is 11.3 Å². The molecule has 3 aliphatic carbocycles. The van der Waals surface area contributed by atoms with Crippen molar-refractivity contribution in [3.63, 3.8) is 0 Å². The van der Waals surface area contributed by atoms with Crippen LogP contribution in [0, 0.1) is 0 Å². The predicted molar refractivity (Wildman–Crippen MR) is 302 cm³/mol. The van der Waals surface area contributed by atoms with Crippen LogP contribution in [0.2, 0.25) is 0 Å². The van der Waals surface area contributed by atoms with Gasteiger partial charge < -0.3 is 9.38 Å². The molecule has 4 heteroatoms. The van der Waals surface area contributed by atoms with Crippen molar-refractivity contribution in [2.45, 2.75) is 116 Å². The SMILES string of the molecule is CC(C)(C)c1ccc(N2B3c4cc5sc6ccccc6c5cc4-n4c5cc6c(cc5c5c7c(c(c3c54)-c3cc4c(cc32)C(C)(C)c2ccccc2-4)-c2ccccc2C7(C)C)C(C)(C)CCC6(C)C)cc1. The van der Waals surface area contributed by atoms with E-state index in [0.29, 0.717) is 0 Å². The van der Waals surface area contributed by atoms with E-state index in [0.717, 1.165) is 0 Å². The Morgan fingerprint density at radius 3 is 1.90 bits per heavy atom. The lowest BCUT2D eigenvalue weighted by atomic mass is 9.43. The number of benzene rings is 8. The third kappa shape index (κ3) is 4.97. The highest BCUT2D eigenvalue weighted by molar-refractivity contribution is 7.26. The van der Waals surface area contributed by atoms with Crippen molar-refractivity contribution in [1.29, 1.82) is 0 Å². The summed E-state index contributed by atoms with van der Waals surface area (Å²) in [5, 5.41) is 5.53. The lowest BCUT2D eigenvalue weighted by Crippen LogP contribution is -2.60. The number of aromatic nitrogens is 1. The predicted octanol–water partition coefficient (Wildman–Crippen LogP) is 16.6. The molecule has 8 aromatic carbocycles. The number of hydrogen-bond donors (Lipinski definition) is 0. The lowest BCUT2D eigenvalue weighted by molar-refractivity contribution is 0.332. The number of hydrogen-bond acceptors (Lipinski definition) is 2. The van der Waals surface area contributed by atoms with Crippen LogP contribution in [0.25, 0.3) is 81.0 Å². The maximum atomic E-state index is 2.79. The Kier molecular flexibility index (Phi) is 7.66. The van der Waals surface area contributed by atoms with Crippen LogP contribution in [0.3, 0.4) is 0 Å². The molecular weight excluding hydrogens is 864 g/mol. The molecule has 0 fully saturated rings. The molecule has 70 heavy (non-hydrogen) atoms. The number of thiophene rings is 1. The first kappa shape index (κ1) is 41.4. The molecule has 0 saturated carbocycles. The van der Waals surface area contributed by atoms with Crippen LogP contribution in [0.15, 0.2) is 133 Å². The fraction of sp³-hybridized carbons (Fsp3) is 0.273. The van der Waals surface area contributed by atoms with E-state index in [9.17, 15) is 0 Å². The second-order valence-electron chi connectivity index (χ2n) is 25.1. The number of nitrogens with zero attached hydrogens (tertiary/aromatic N) is 2. The van der Waals surface area contributed by atoms with E-state index in [1.807, 2.05) is 11.3 Å². The third-order valence-corrected chi connectivity index (χ3v) is 19.7. The molecule has 5 aliphatic rings. The molecule has 0 amide bonds. The fourth-order valence-corrected chi connectivity index (χ4v) is 15.9.